The van der Waals surface area contributed by atoms with E-state index in [2.05, 4.69) is 5.32 Å². The number of nitrogens with two attached hydrogens (primary N) is 1. The average molecular weight is 201 g/mol. The van der Waals surface area contributed by atoms with Gasteiger partial charge < -0.3 is 16.2 Å². The van der Waals surface area contributed by atoms with Crippen LogP contribution in [0.15, 0.2) is 0 Å². The second-order valence-corrected chi connectivity index (χ2v) is 3.64. The Balaban J connectivity index is 2.42. The van der Waals surface area contributed by atoms with E-state index in [9.17, 15) is 4.79 Å². The number of rotatable bonds is 5. The molecule has 0 unspecified atom stereocenters. The van der Waals surface area contributed by atoms with Gasteiger partial charge in [-0.3, -0.25) is 9.69 Å². The standard InChI is InChI=1S/C9H19N3O2/c10-9(14)7-12(5-6-13)8-1-3-11-4-2-8/h8,11,13H,1-7H2,(H2,10,14). The molecule has 0 radical (unpaired) electrons. The normalized spacial score (nSPS) is 18.7. The number of primary amides is 1. The van der Waals surface area contributed by atoms with Gasteiger partial charge in [-0.1, -0.05) is 0 Å². The molecule has 5 nitrogen and oxygen atoms in total. The minimum atomic E-state index is -0.322. The van der Waals surface area contributed by atoms with Crippen LogP contribution in [0.5, 0.6) is 0 Å². The first-order valence-corrected chi connectivity index (χ1v) is 5.08. The Morgan fingerprint density at radius 3 is 2.64 bits per heavy atom. The van der Waals surface area contributed by atoms with E-state index in [1.165, 1.54) is 0 Å². The van der Waals surface area contributed by atoms with E-state index < -0.39 is 0 Å². The molecule has 0 atom stereocenters. The predicted octanol–water partition coefficient (Wildman–Crippen LogP) is -1.48. The van der Waals surface area contributed by atoms with Crippen LogP contribution in [-0.4, -0.2) is 54.7 Å². The van der Waals surface area contributed by atoms with Crippen molar-refractivity contribution >= 4 is 5.91 Å². The van der Waals surface area contributed by atoms with Crippen LogP contribution >= 0.6 is 0 Å². The number of aliphatic hydroxyl groups is 1. The first-order valence-electron chi connectivity index (χ1n) is 5.08. The van der Waals surface area contributed by atoms with Gasteiger partial charge >= 0.3 is 0 Å². The monoisotopic (exact) mass is 201 g/mol. The Kier molecular flexibility index (Phi) is 4.86. The highest BCUT2D eigenvalue weighted by molar-refractivity contribution is 5.75. The molecule has 0 aromatic rings. The molecule has 4 N–H and O–H groups in total. The highest BCUT2D eigenvalue weighted by Crippen LogP contribution is 2.10. The van der Waals surface area contributed by atoms with Crippen molar-refractivity contribution in [1.82, 2.24) is 10.2 Å². The fourth-order valence-corrected chi connectivity index (χ4v) is 1.89. The van der Waals surface area contributed by atoms with Crippen LogP contribution < -0.4 is 11.1 Å². The van der Waals surface area contributed by atoms with Crippen LogP contribution in [0, 0.1) is 0 Å². The summed E-state index contributed by atoms with van der Waals surface area (Å²) in [4.78, 5) is 12.8. The summed E-state index contributed by atoms with van der Waals surface area (Å²) in [6.07, 6.45) is 2.04. The molecule has 0 spiro atoms. The van der Waals surface area contributed by atoms with Gasteiger partial charge in [0, 0.05) is 12.6 Å². The molecule has 1 rings (SSSR count). The molecule has 1 aliphatic rings. The van der Waals surface area contributed by atoms with Gasteiger partial charge in [0.15, 0.2) is 0 Å². The summed E-state index contributed by atoms with van der Waals surface area (Å²) in [5.41, 5.74) is 5.15. The number of carbonyl (C=O) groups excluding carboxylic acids is 1. The van der Waals surface area contributed by atoms with Crippen LogP contribution in [0.3, 0.4) is 0 Å². The van der Waals surface area contributed by atoms with Crippen LogP contribution in [0.4, 0.5) is 0 Å². The topological polar surface area (TPSA) is 78.6 Å². The fraction of sp³-hybridized carbons (Fsp3) is 0.889. The van der Waals surface area contributed by atoms with Crippen LogP contribution in [0.2, 0.25) is 0 Å². The van der Waals surface area contributed by atoms with Gasteiger partial charge in [-0.15, -0.1) is 0 Å². The molecule has 0 aromatic heterocycles. The van der Waals surface area contributed by atoms with Crippen molar-refractivity contribution in [1.29, 1.82) is 0 Å². The molecule has 0 bridgehead atoms. The molecule has 0 saturated carbocycles. The van der Waals surface area contributed by atoms with Crippen molar-refractivity contribution in [2.24, 2.45) is 5.73 Å². The number of carbonyl (C=O) groups is 1. The van der Waals surface area contributed by atoms with Gasteiger partial charge in [-0.2, -0.15) is 0 Å². The maximum Gasteiger partial charge on any atom is 0.231 e. The summed E-state index contributed by atoms with van der Waals surface area (Å²) in [7, 11) is 0. The Labute approximate surface area is 84.3 Å². The molecular weight excluding hydrogens is 182 g/mol. The van der Waals surface area contributed by atoms with Gasteiger partial charge in [0.2, 0.25) is 5.91 Å². The minimum absolute atomic E-state index is 0.0806. The molecule has 82 valence electrons. The van der Waals surface area contributed by atoms with E-state index in [-0.39, 0.29) is 19.1 Å². The van der Waals surface area contributed by atoms with E-state index in [0.717, 1.165) is 25.9 Å². The van der Waals surface area contributed by atoms with E-state index in [1.807, 2.05) is 4.90 Å². The maximum absolute atomic E-state index is 10.8. The smallest absolute Gasteiger partial charge is 0.231 e. The third kappa shape index (κ3) is 3.61. The lowest BCUT2D eigenvalue weighted by Crippen LogP contribution is -2.47. The minimum Gasteiger partial charge on any atom is -0.395 e. The third-order valence-corrected chi connectivity index (χ3v) is 2.57. The molecule has 1 heterocycles. The van der Waals surface area contributed by atoms with Gasteiger partial charge in [0.25, 0.3) is 0 Å². The van der Waals surface area contributed by atoms with Gasteiger partial charge in [0.05, 0.1) is 13.2 Å². The third-order valence-electron chi connectivity index (χ3n) is 2.57. The lowest BCUT2D eigenvalue weighted by Gasteiger charge is -2.33. The lowest BCUT2D eigenvalue weighted by molar-refractivity contribution is -0.120. The number of nitrogens with zero attached hydrogens (tertiary/aromatic N) is 1. The predicted molar refractivity (Wildman–Crippen MR) is 53.7 cm³/mol. The van der Waals surface area contributed by atoms with Gasteiger partial charge in [0.1, 0.15) is 0 Å². The number of piperidine rings is 1. The van der Waals surface area contributed by atoms with E-state index in [1.54, 1.807) is 0 Å². The number of hydrogen-bond donors (Lipinski definition) is 3. The summed E-state index contributed by atoms with van der Waals surface area (Å²) in [5.74, 6) is -0.322. The highest BCUT2D eigenvalue weighted by Gasteiger charge is 2.21. The summed E-state index contributed by atoms with van der Waals surface area (Å²) in [6, 6.07) is 0.385. The van der Waals surface area contributed by atoms with Crippen molar-refractivity contribution in [2.45, 2.75) is 18.9 Å². The summed E-state index contributed by atoms with van der Waals surface area (Å²) < 4.78 is 0. The van der Waals surface area contributed by atoms with Gasteiger partial charge in [-0.25, -0.2) is 0 Å². The number of nitrogens with one attached hydrogen (secondary N) is 1. The Hall–Kier alpha value is -0.650. The lowest BCUT2D eigenvalue weighted by atomic mass is 10.0. The average Bonchev–Trinajstić information content (AvgIpc) is 2.18. The van der Waals surface area contributed by atoms with E-state index >= 15 is 0 Å². The number of hydrogen-bond acceptors (Lipinski definition) is 4. The molecule has 1 aliphatic heterocycles. The fourth-order valence-electron chi connectivity index (χ4n) is 1.89. The summed E-state index contributed by atoms with van der Waals surface area (Å²) in [6.45, 7) is 2.83. The molecule has 0 aromatic carbocycles. The van der Waals surface area contributed by atoms with Crippen LogP contribution in [0.25, 0.3) is 0 Å². The van der Waals surface area contributed by atoms with Crippen molar-refractivity contribution in [3.05, 3.63) is 0 Å². The Morgan fingerprint density at radius 1 is 1.50 bits per heavy atom. The van der Waals surface area contributed by atoms with Crippen LogP contribution in [0.1, 0.15) is 12.8 Å². The number of aliphatic hydroxyl groups excluding tert-OH is 1. The zero-order chi connectivity index (χ0) is 10.4. The second-order valence-electron chi connectivity index (χ2n) is 3.64. The zero-order valence-corrected chi connectivity index (χ0v) is 8.41. The molecule has 1 fully saturated rings. The van der Waals surface area contributed by atoms with Crippen LogP contribution in [-0.2, 0) is 4.79 Å². The quantitative estimate of drug-likeness (QED) is 0.507. The maximum atomic E-state index is 10.8. The Bertz CT molecular complexity index is 181. The largest absolute Gasteiger partial charge is 0.395 e. The van der Waals surface area contributed by atoms with E-state index in [4.69, 9.17) is 10.8 Å². The second kappa shape index (κ2) is 5.95. The van der Waals surface area contributed by atoms with E-state index in [0.29, 0.717) is 12.6 Å². The molecule has 1 saturated heterocycles. The summed E-state index contributed by atoms with van der Waals surface area (Å²) in [5, 5.41) is 12.1. The SMILES string of the molecule is NC(=O)CN(CCO)C1CCNCC1. The molecular formula is C9H19N3O2. The molecule has 5 heteroatoms. The molecule has 1 amide bonds. The van der Waals surface area contributed by atoms with Crippen molar-refractivity contribution < 1.29 is 9.90 Å². The first-order chi connectivity index (χ1) is 6.74. The zero-order valence-electron chi connectivity index (χ0n) is 8.41. The number of amides is 1. The van der Waals surface area contributed by atoms with Gasteiger partial charge in [-0.05, 0) is 25.9 Å². The Morgan fingerprint density at radius 2 is 2.14 bits per heavy atom. The van der Waals surface area contributed by atoms with Crippen molar-refractivity contribution in [3.63, 3.8) is 0 Å². The molecule has 14 heavy (non-hydrogen) atoms. The van der Waals surface area contributed by atoms with Crippen molar-refractivity contribution in [3.8, 4) is 0 Å². The molecule has 0 aliphatic carbocycles. The highest BCUT2D eigenvalue weighted by atomic mass is 16.3. The first kappa shape index (κ1) is 11.4. The van der Waals surface area contributed by atoms with Crippen molar-refractivity contribution in [2.75, 3.05) is 32.8 Å². The summed E-state index contributed by atoms with van der Waals surface area (Å²) >= 11 is 0.